The highest BCUT2D eigenvalue weighted by molar-refractivity contribution is 8.06. The van der Waals surface area contributed by atoms with E-state index in [-0.39, 0.29) is 0 Å². The van der Waals surface area contributed by atoms with E-state index >= 15 is 0 Å². The Morgan fingerprint density at radius 2 is 2.00 bits per heavy atom. The quantitative estimate of drug-likeness (QED) is 0.503. The average Bonchev–Trinajstić information content (AvgIpc) is 2.87. The van der Waals surface area contributed by atoms with Crippen molar-refractivity contribution < 1.29 is 0 Å². The van der Waals surface area contributed by atoms with Crippen LogP contribution in [0.3, 0.4) is 0 Å². The van der Waals surface area contributed by atoms with Crippen LogP contribution in [0.5, 0.6) is 0 Å². The van der Waals surface area contributed by atoms with Gasteiger partial charge in [-0.25, -0.2) is 0 Å². The Labute approximate surface area is 75.9 Å². The molecule has 1 aromatic carbocycles. The molecule has 0 amide bonds. The summed E-state index contributed by atoms with van der Waals surface area (Å²) in [6.07, 6.45) is 0. The molecule has 0 aliphatic carbocycles. The van der Waals surface area contributed by atoms with Crippen LogP contribution in [0.4, 0.5) is 0 Å². The van der Waals surface area contributed by atoms with E-state index in [1.54, 1.807) is 0 Å². The number of alkyl halides is 1. The Morgan fingerprint density at radius 3 is 2.45 bits per heavy atom. The molecule has 0 N–H and O–H groups in total. The highest BCUT2D eigenvalue weighted by Crippen LogP contribution is 2.45. The van der Waals surface area contributed by atoms with Crippen LogP contribution in [0.25, 0.3) is 0 Å². The van der Waals surface area contributed by atoms with Crippen molar-refractivity contribution in [3.63, 3.8) is 0 Å². The van der Waals surface area contributed by atoms with Gasteiger partial charge in [-0.05, 0) is 11.1 Å². The first-order chi connectivity index (χ1) is 5.40. The van der Waals surface area contributed by atoms with Crippen LogP contribution >= 0.6 is 23.4 Å². The molecule has 0 aromatic heterocycles. The van der Waals surface area contributed by atoms with Crippen molar-refractivity contribution >= 4 is 23.4 Å². The van der Waals surface area contributed by atoms with Crippen molar-refractivity contribution in [2.45, 2.75) is 11.1 Å². The van der Waals surface area contributed by atoms with E-state index in [4.69, 9.17) is 11.6 Å². The zero-order valence-corrected chi connectivity index (χ0v) is 7.66. The Kier molecular flexibility index (Phi) is 2.10. The molecule has 1 saturated heterocycles. The van der Waals surface area contributed by atoms with Crippen molar-refractivity contribution in [1.82, 2.24) is 0 Å². The van der Waals surface area contributed by atoms with Gasteiger partial charge in [0.1, 0.15) is 0 Å². The largest absolute Gasteiger partial charge is 0.151 e. The maximum Gasteiger partial charge on any atom is 0.0474 e. The molecule has 1 aromatic rings. The molecule has 1 heterocycles. The predicted octanol–water partition coefficient (Wildman–Crippen LogP) is 3.21. The number of thioether (sulfide) groups is 1. The smallest absolute Gasteiger partial charge is 0.0474 e. The van der Waals surface area contributed by atoms with E-state index in [1.807, 2.05) is 11.8 Å². The van der Waals surface area contributed by atoms with Crippen molar-refractivity contribution in [2.75, 3.05) is 5.75 Å². The Morgan fingerprint density at radius 1 is 1.36 bits per heavy atom. The lowest BCUT2D eigenvalue weighted by atomic mass is 10.1. The maximum absolute atomic E-state index is 5.67. The molecule has 0 nitrogen and oxygen atoms in total. The molecular weight excluding hydrogens is 176 g/mol. The van der Waals surface area contributed by atoms with Crippen LogP contribution in [0.2, 0.25) is 0 Å². The summed E-state index contributed by atoms with van der Waals surface area (Å²) in [5, 5.41) is 0.777. The normalized spacial score (nSPS) is 21.7. The van der Waals surface area contributed by atoms with Gasteiger partial charge >= 0.3 is 0 Å². The number of hydrogen-bond acceptors (Lipinski definition) is 1. The molecule has 0 radical (unpaired) electrons. The molecule has 0 saturated carbocycles. The third-order valence-corrected chi connectivity index (χ3v) is 3.09. The zero-order chi connectivity index (χ0) is 7.68. The first-order valence-corrected chi connectivity index (χ1v) is 5.25. The second-order valence-corrected chi connectivity index (χ2v) is 4.20. The summed E-state index contributed by atoms with van der Waals surface area (Å²) >= 11 is 7.67. The number of rotatable bonds is 2. The van der Waals surface area contributed by atoms with E-state index in [9.17, 15) is 0 Å². The predicted molar refractivity (Wildman–Crippen MR) is 51.2 cm³/mol. The van der Waals surface area contributed by atoms with Gasteiger partial charge in [-0.3, -0.25) is 0 Å². The average molecular weight is 185 g/mol. The van der Waals surface area contributed by atoms with E-state index in [0.717, 1.165) is 5.25 Å². The molecule has 1 unspecified atom stereocenters. The van der Waals surface area contributed by atoms with Gasteiger partial charge in [-0.2, -0.15) is 11.8 Å². The van der Waals surface area contributed by atoms with Gasteiger partial charge in [0.25, 0.3) is 0 Å². The standard InChI is InChI=1S/C9H9ClS/c10-5-7-1-3-8(4-2-7)9-6-11-9/h1-4,9H,5-6H2. The maximum atomic E-state index is 5.67. The summed E-state index contributed by atoms with van der Waals surface area (Å²) in [6.45, 7) is 0. The first-order valence-electron chi connectivity index (χ1n) is 3.66. The summed E-state index contributed by atoms with van der Waals surface area (Å²) in [6, 6.07) is 8.59. The van der Waals surface area contributed by atoms with Gasteiger partial charge < -0.3 is 0 Å². The molecule has 0 bridgehead atoms. The van der Waals surface area contributed by atoms with E-state index in [0.29, 0.717) is 5.88 Å². The minimum absolute atomic E-state index is 0.623. The highest BCUT2D eigenvalue weighted by atomic mass is 35.5. The summed E-state index contributed by atoms with van der Waals surface area (Å²) in [5.41, 5.74) is 2.66. The van der Waals surface area contributed by atoms with Crippen LogP contribution in [-0.4, -0.2) is 5.75 Å². The highest BCUT2D eigenvalue weighted by Gasteiger charge is 2.23. The van der Waals surface area contributed by atoms with Gasteiger partial charge in [0.2, 0.25) is 0 Å². The monoisotopic (exact) mass is 184 g/mol. The molecular formula is C9H9ClS. The van der Waals surface area contributed by atoms with Crippen LogP contribution in [0, 0.1) is 0 Å². The number of hydrogen-bond donors (Lipinski definition) is 0. The molecule has 1 fully saturated rings. The molecule has 58 valence electrons. The van der Waals surface area contributed by atoms with Crippen LogP contribution in [0.1, 0.15) is 16.4 Å². The molecule has 2 rings (SSSR count). The number of halogens is 1. The van der Waals surface area contributed by atoms with E-state index in [1.165, 1.54) is 16.9 Å². The summed E-state index contributed by atoms with van der Waals surface area (Å²) in [5.74, 6) is 1.91. The van der Waals surface area contributed by atoms with Gasteiger partial charge in [-0.1, -0.05) is 24.3 Å². The zero-order valence-electron chi connectivity index (χ0n) is 6.09. The lowest BCUT2D eigenvalue weighted by Gasteiger charge is -1.97. The SMILES string of the molecule is ClCc1ccc(C2CS2)cc1. The molecule has 1 aliphatic rings. The first kappa shape index (κ1) is 7.51. The fraction of sp³-hybridized carbons (Fsp3) is 0.333. The van der Waals surface area contributed by atoms with E-state index in [2.05, 4.69) is 24.3 Å². The molecule has 2 heteroatoms. The summed E-state index contributed by atoms with van der Waals surface area (Å²) < 4.78 is 0. The Bertz CT molecular complexity index is 238. The van der Waals surface area contributed by atoms with Crippen molar-refractivity contribution in [1.29, 1.82) is 0 Å². The van der Waals surface area contributed by atoms with Crippen molar-refractivity contribution in [2.24, 2.45) is 0 Å². The van der Waals surface area contributed by atoms with Gasteiger partial charge in [0.05, 0.1) is 0 Å². The topological polar surface area (TPSA) is 0 Å². The van der Waals surface area contributed by atoms with Crippen LogP contribution in [-0.2, 0) is 5.88 Å². The second kappa shape index (κ2) is 3.08. The second-order valence-electron chi connectivity index (χ2n) is 2.70. The van der Waals surface area contributed by atoms with Gasteiger partial charge in [-0.15, -0.1) is 11.6 Å². The molecule has 11 heavy (non-hydrogen) atoms. The van der Waals surface area contributed by atoms with Crippen LogP contribution < -0.4 is 0 Å². The van der Waals surface area contributed by atoms with Crippen molar-refractivity contribution in [3.05, 3.63) is 35.4 Å². The van der Waals surface area contributed by atoms with Crippen LogP contribution in [0.15, 0.2) is 24.3 Å². The minimum Gasteiger partial charge on any atom is -0.151 e. The van der Waals surface area contributed by atoms with Crippen molar-refractivity contribution in [3.8, 4) is 0 Å². The fourth-order valence-corrected chi connectivity index (χ4v) is 1.88. The molecule has 1 aliphatic heterocycles. The summed E-state index contributed by atoms with van der Waals surface area (Å²) in [7, 11) is 0. The third-order valence-electron chi connectivity index (χ3n) is 1.84. The van der Waals surface area contributed by atoms with E-state index < -0.39 is 0 Å². The number of benzene rings is 1. The summed E-state index contributed by atoms with van der Waals surface area (Å²) in [4.78, 5) is 0. The Hall–Kier alpha value is -0.140. The molecule has 0 spiro atoms. The molecule has 1 atom stereocenters. The fourth-order valence-electron chi connectivity index (χ4n) is 1.06. The lowest BCUT2D eigenvalue weighted by molar-refractivity contribution is 1.22. The lowest BCUT2D eigenvalue weighted by Crippen LogP contribution is -1.80. The third kappa shape index (κ3) is 1.71. The minimum atomic E-state index is 0.623. The Balaban J connectivity index is 2.19. The van der Waals surface area contributed by atoms with Gasteiger partial charge in [0.15, 0.2) is 0 Å². The van der Waals surface area contributed by atoms with Gasteiger partial charge in [0, 0.05) is 16.9 Å².